The Morgan fingerprint density at radius 1 is 1.35 bits per heavy atom. The Hall–Kier alpha value is -1.88. The molecule has 1 aromatic carbocycles. The average Bonchev–Trinajstić information content (AvgIpc) is 2.48. The van der Waals surface area contributed by atoms with Gasteiger partial charge in [-0.25, -0.2) is 4.79 Å². The van der Waals surface area contributed by atoms with Gasteiger partial charge in [0.1, 0.15) is 12.7 Å². The SMILES string of the molecule is CCOC1CN(C(=O)OCc2ccccc2)CCC1=O. The Labute approximate surface area is 118 Å². The summed E-state index contributed by atoms with van der Waals surface area (Å²) in [6.45, 7) is 3.21. The molecular formula is C15H19NO4. The van der Waals surface area contributed by atoms with Crippen molar-refractivity contribution in [1.82, 2.24) is 4.90 Å². The van der Waals surface area contributed by atoms with Crippen LogP contribution in [-0.4, -0.2) is 42.6 Å². The molecule has 0 N–H and O–H groups in total. The first kappa shape index (κ1) is 14.5. The van der Waals surface area contributed by atoms with Crippen molar-refractivity contribution in [3.63, 3.8) is 0 Å². The van der Waals surface area contributed by atoms with Crippen molar-refractivity contribution < 1.29 is 19.1 Å². The summed E-state index contributed by atoms with van der Waals surface area (Å²) in [7, 11) is 0. The van der Waals surface area contributed by atoms with Gasteiger partial charge in [-0.05, 0) is 12.5 Å². The molecule has 0 aromatic heterocycles. The number of carbonyl (C=O) groups excluding carboxylic acids is 2. The van der Waals surface area contributed by atoms with Gasteiger partial charge in [-0.2, -0.15) is 0 Å². The van der Waals surface area contributed by atoms with Crippen molar-refractivity contribution in [3.05, 3.63) is 35.9 Å². The zero-order valence-electron chi connectivity index (χ0n) is 11.6. The molecule has 5 nitrogen and oxygen atoms in total. The largest absolute Gasteiger partial charge is 0.445 e. The summed E-state index contributed by atoms with van der Waals surface area (Å²) in [4.78, 5) is 25.1. The summed E-state index contributed by atoms with van der Waals surface area (Å²) >= 11 is 0. The van der Waals surface area contributed by atoms with Crippen molar-refractivity contribution in [2.75, 3.05) is 19.7 Å². The maximum absolute atomic E-state index is 12.0. The van der Waals surface area contributed by atoms with Gasteiger partial charge >= 0.3 is 6.09 Å². The first-order valence-corrected chi connectivity index (χ1v) is 6.80. The molecule has 1 saturated heterocycles. The van der Waals surface area contributed by atoms with E-state index in [2.05, 4.69) is 0 Å². The van der Waals surface area contributed by atoms with Gasteiger partial charge in [-0.1, -0.05) is 30.3 Å². The number of hydrogen-bond donors (Lipinski definition) is 0. The fourth-order valence-electron chi connectivity index (χ4n) is 2.12. The molecule has 1 fully saturated rings. The summed E-state index contributed by atoms with van der Waals surface area (Å²) in [6.07, 6.45) is -0.588. The molecule has 108 valence electrons. The van der Waals surface area contributed by atoms with Crippen LogP contribution in [0.1, 0.15) is 18.9 Å². The summed E-state index contributed by atoms with van der Waals surface area (Å²) in [5.41, 5.74) is 0.940. The highest BCUT2D eigenvalue weighted by Gasteiger charge is 2.30. The van der Waals surface area contributed by atoms with E-state index in [-0.39, 0.29) is 18.9 Å². The first-order valence-electron chi connectivity index (χ1n) is 6.80. The van der Waals surface area contributed by atoms with Gasteiger partial charge in [0.2, 0.25) is 0 Å². The molecule has 0 aliphatic carbocycles. The van der Waals surface area contributed by atoms with Crippen LogP contribution >= 0.6 is 0 Å². The smallest absolute Gasteiger partial charge is 0.410 e. The van der Waals surface area contributed by atoms with E-state index in [4.69, 9.17) is 9.47 Å². The van der Waals surface area contributed by atoms with Crippen LogP contribution in [0.15, 0.2) is 30.3 Å². The third-order valence-electron chi connectivity index (χ3n) is 3.20. The molecule has 0 radical (unpaired) electrons. The Morgan fingerprint density at radius 2 is 2.10 bits per heavy atom. The van der Waals surface area contributed by atoms with E-state index < -0.39 is 12.2 Å². The normalized spacial score (nSPS) is 18.9. The number of ketones is 1. The molecule has 20 heavy (non-hydrogen) atoms. The van der Waals surface area contributed by atoms with Crippen LogP contribution in [0.4, 0.5) is 4.79 Å². The highest BCUT2D eigenvalue weighted by Crippen LogP contribution is 2.12. The topological polar surface area (TPSA) is 55.8 Å². The Balaban J connectivity index is 1.84. The van der Waals surface area contributed by atoms with E-state index in [1.54, 1.807) is 0 Å². The number of Topliss-reactive ketones (excluding diaryl/α,β-unsaturated/α-hetero) is 1. The number of amides is 1. The van der Waals surface area contributed by atoms with Crippen LogP contribution in [-0.2, 0) is 20.9 Å². The number of piperidine rings is 1. The highest BCUT2D eigenvalue weighted by molar-refractivity contribution is 5.85. The zero-order valence-corrected chi connectivity index (χ0v) is 11.6. The lowest BCUT2D eigenvalue weighted by Crippen LogP contribution is -2.48. The minimum absolute atomic E-state index is 0.0546. The third-order valence-corrected chi connectivity index (χ3v) is 3.20. The van der Waals surface area contributed by atoms with Crippen LogP contribution in [0.5, 0.6) is 0 Å². The lowest BCUT2D eigenvalue weighted by molar-refractivity contribution is -0.134. The molecule has 1 heterocycles. The molecule has 1 aliphatic rings. The fourth-order valence-corrected chi connectivity index (χ4v) is 2.12. The van der Waals surface area contributed by atoms with E-state index in [1.165, 1.54) is 4.90 Å². The van der Waals surface area contributed by atoms with Crippen molar-refractivity contribution in [1.29, 1.82) is 0 Å². The van der Waals surface area contributed by atoms with Gasteiger partial charge in [-0.3, -0.25) is 4.79 Å². The van der Waals surface area contributed by atoms with Gasteiger partial charge in [0.05, 0.1) is 6.54 Å². The number of nitrogens with zero attached hydrogens (tertiary/aromatic N) is 1. The van der Waals surface area contributed by atoms with Gasteiger partial charge in [-0.15, -0.1) is 0 Å². The molecule has 1 amide bonds. The van der Waals surface area contributed by atoms with Crippen molar-refractivity contribution >= 4 is 11.9 Å². The second-order valence-corrected chi connectivity index (χ2v) is 4.65. The summed E-state index contributed by atoms with van der Waals surface area (Å²) < 4.78 is 10.6. The lowest BCUT2D eigenvalue weighted by atomic mass is 10.1. The molecule has 0 spiro atoms. The molecule has 5 heteroatoms. The monoisotopic (exact) mass is 277 g/mol. The maximum atomic E-state index is 12.0. The second kappa shape index (κ2) is 7.05. The standard InChI is InChI=1S/C15H19NO4/c1-2-19-14-10-16(9-8-13(14)17)15(18)20-11-12-6-4-3-5-7-12/h3-7,14H,2,8-11H2,1H3. The predicted octanol–water partition coefficient (Wildman–Crippen LogP) is 2.00. The van der Waals surface area contributed by atoms with E-state index in [0.717, 1.165) is 5.56 Å². The van der Waals surface area contributed by atoms with E-state index in [0.29, 0.717) is 19.6 Å². The number of ether oxygens (including phenoxy) is 2. The average molecular weight is 277 g/mol. The van der Waals surface area contributed by atoms with Crippen LogP contribution in [0.3, 0.4) is 0 Å². The zero-order chi connectivity index (χ0) is 14.4. The quantitative estimate of drug-likeness (QED) is 0.844. The summed E-state index contributed by atoms with van der Waals surface area (Å²) in [6, 6.07) is 9.50. The van der Waals surface area contributed by atoms with Gasteiger partial charge in [0, 0.05) is 19.6 Å². The number of likely N-dealkylation sites (tertiary alicyclic amines) is 1. The van der Waals surface area contributed by atoms with Crippen molar-refractivity contribution in [3.8, 4) is 0 Å². The second-order valence-electron chi connectivity index (χ2n) is 4.65. The minimum Gasteiger partial charge on any atom is -0.445 e. The predicted molar refractivity (Wildman–Crippen MR) is 73.2 cm³/mol. The number of carbonyl (C=O) groups is 2. The minimum atomic E-state index is -0.516. The summed E-state index contributed by atoms with van der Waals surface area (Å²) in [5, 5.41) is 0. The van der Waals surface area contributed by atoms with Crippen LogP contribution < -0.4 is 0 Å². The first-order chi connectivity index (χ1) is 9.70. The lowest BCUT2D eigenvalue weighted by Gasteiger charge is -2.30. The molecular weight excluding hydrogens is 258 g/mol. The molecule has 0 bridgehead atoms. The van der Waals surface area contributed by atoms with Gasteiger partial charge in [0.15, 0.2) is 5.78 Å². The third kappa shape index (κ3) is 3.81. The van der Waals surface area contributed by atoms with Crippen molar-refractivity contribution in [2.24, 2.45) is 0 Å². The number of rotatable bonds is 4. The fraction of sp³-hybridized carbons (Fsp3) is 0.467. The Morgan fingerprint density at radius 3 is 2.80 bits per heavy atom. The highest BCUT2D eigenvalue weighted by atomic mass is 16.6. The molecule has 1 aliphatic heterocycles. The molecule has 0 saturated carbocycles. The van der Waals surface area contributed by atoms with Crippen LogP contribution in [0, 0.1) is 0 Å². The molecule has 1 unspecified atom stereocenters. The van der Waals surface area contributed by atoms with E-state index >= 15 is 0 Å². The Bertz CT molecular complexity index is 460. The van der Waals surface area contributed by atoms with E-state index in [9.17, 15) is 9.59 Å². The molecule has 1 aromatic rings. The molecule has 2 rings (SSSR count). The number of hydrogen-bond acceptors (Lipinski definition) is 4. The van der Waals surface area contributed by atoms with Gasteiger partial charge < -0.3 is 14.4 Å². The summed E-state index contributed by atoms with van der Waals surface area (Å²) in [5.74, 6) is 0.0546. The maximum Gasteiger partial charge on any atom is 0.410 e. The van der Waals surface area contributed by atoms with Crippen molar-refractivity contribution in [2.45, 2.75) is 26.1 Å². The Kier molecular flexibility index (Phi) is 5.12. The van der Waals surface area contributed by atoms with Gasteiger partial charge in [0.25, 0.3) is 0 Å². The van der Waals surface area contributed by atoms with Crippen LogP contribution in [0.25, 0.3) is 0 Å². The molecule has 1 atom stereocenters. The van der Waals surface area contributed by atoms with Crippen LogP contribution in [0.2, 0.25) is 0 Å². The van der Waals surface area contributed by atoms with E-state index in [1.807, 2.05) is 37.3 Å². The number of benzene rings is 1.